The van der Waals surface area contributed by atoms with Gasteiger partial charge in [-0.15, -0.1) is 12.3 Å². The van der Waals surface area contributed by atoms with Crippen LogP contribution in [0.5, 0.6) is 0 Å². The van der Waals surface area contributed by atoms with Crippen molar-refractivity contribution in [3.05, 3.63) is 0 Å². The minimum Gasteiger partial charge on any atom is -0.480 e. The SMILES string of the molecule is C#CCC(NC(=O)N1CC(=O)NC(=O)C1CC)C(=O)O. The van der Waals surface area contributed by atoms with Crippen molar-refractivity contribution in [2.75, 3.05) is 6.54 Å². The highest BCUT2D eigenvalue weighted by molar-refractivity contribution is 6.04. The van der Waals surface area contributed by atoms with Crippen LogP contribution in [0.1, 0.15) is 19.8 Å². The highest BCUT2D eigenvalue weighted by Gasteiger charge is 2.36. The first kappa shape index (κ1) is 15.5. The summed E-state index contributed by atoms with van der Waals surface area (Å²) in [6.45, 7) is 1.37. The third kappa shape index (κ3) is 3.47. The molecule has 2 atom stereocenters. The van der Waals surface area contributed by atoms with Crippen LogP contribution in [0.25, 0.3) is 0 Å². The van der Waals surface area contributed by atoms with E-state index in [4.69, 9.17) is 11.5 Å². The zero-order valence-corrected chi connectivity index (χ0v) is 10.9. The number of rotatable bonds is 4. The van der Waals surface area contributed by atoms with Gasteiger partial charge >= 0.3 is 12.0 Å². The van der Waals surface area contributed by atoms with Crippen LogP contribution < -0.4 is 10.6 Å². The number of hydrogen-bond donors (Lipinski definition) is 3. The van der Waals surface area contributed by atoms with E-state index in [2.05, 4.69) is 16.6 Å². The molecule has 20 heavy (non-hydrogen) atoms. The van der Waals surface area contributed by atoms with E-state index in [-0.39, 0.29) is 13.0 Å². The molecule has 1 saturated heterocycles. The van der Waals surface area contributed by atoms with Crippen LogP contribution in [-0.4, -0.2) is 52.4 Å². The highest BCUT2D eigenvalue weighted by atomic mass is 16.4. The second-order valence-corrected chi connectivity index (χ2v) is 4.21. The third-order valence-corrected chi connectivity index (χ3v) is 2.82. The molecule has 2 unspecified atom stereocenters. The van der Waals surface area contributed by atoms with Crippen LogP contribution in [0.3, 0.4) is 0 Å². The van der Waals surface area contributed by atoms with Crippen molar-refractivity contribution in [2.45, 2.75) is 31.8 Å². The Hall–Kier alpha value is -2.56. The topological polar surface area (TPSA) is 116 Å². The number of amides is 4. The van der Waals surface area contributed by atoms with Crippen LogP contribution in [0.4, 0.5) is 4.79 Å². The molecule has 1 rings (SSSR count). The van der Waals surface area contributed by atoms with Gasteiger partial charge in [0.1, 0.15) is 18.6 Å². The van der Waals surface area contributed by atoms with Gasteiger partial charge in [0.15, 0.2) is 0 Å². The van der Waals surface area contributed by atoms with Gasteiger partial charge in [-0.25, -0.2) is 9.59 Å². The van der Waals surface area contributed by atoms with E-state index >= 15 is 0 Å². The fourth-order valence-electron chi connectivity index (χ4n) is 1.84. The summed E-state index contributed by atoms with van der Waals surface area (Å²) in [6.07, 6.45) is 5.14. The molecule has 0 saturated carbocycles. The number of carboxylic acids is 1. The van der Waals surface area contributed by atoms with Crippen LogP contribution in [0.2, 0.25) is 0 Å². The summed E-state index contributed by atoms with van der Waals surface area (Å²) in [6, 6.07) is -2.87. The molecule has 4 amide bonds. The first-order valence-electron chi connectivity index (χ1n) is 5.97. The summed E-state index contributed by atoms with van der Waals surface area (Å²) in [5.74, 6) is -0.334. The van der Waals surface area contributed by atoms with E-state index in [0.29, 0.717) is 6.42 Å². The lowest BCUT2D eigenvalue weighted by Crippen LogP contribution is -2.62. The molecule has 1 fully saturated rings. The lowest BCUT2D eigenvalue weighted by molar-refractivity contribution is -0.139. The van der Waals surface area contributed by atoms with Crippen molar-refractivity contribution in [1.82, 2.24) is 15.5 Å². The van der Waals surface area contributed by atoms with Gasteiger partial charge in [0, 0.05) is 6.42 Å². The van der Waals surface area contributed by atoms with Crippen LogP contribution in [0, 0.1) is 12.3 Å². The molecule has 8 heteroatoms. The normalized spacial score (nSPS) is 19.8. The average molecular weight is 281 g/mol. The molecule has 1 aliphatic rings. The Morgan fingerprint density at radius 1 is 1.60 bits per heavy atom. The molecule has 0 aliphatic carbocycles. The number of nitrogens with one attached hydrogen (secondary N) is 2. The summed E-state index contributed by atoms with van der Waals surface area (Å²) in [5, 5.41) is 13.2. The first-order valence-corrected chi connectivity index (χ1v) is 5.97. The molecule has 8 nitrogen and oxygen atoms in total. The zero-order chi connectivity index (χ0) is 15.3. The molecular weight excluding hydrogens is 266 g/mol. The average Bonchev–Trinajstić information content (AvgIpc) is 2.37. The molecule has 108 valence electrons. The molecule has 0 aromatic heterocycles. The predicted octanol–water partition coefficient (Wildman–Crippen LogP) is -1.09. The lowest BCUT2D eigenvalue weighted by atomic mass is 10.1. The van der Waals surface area contributed by atoms with Gasteiger partial charge < -0.3 is 15.3 Å². The maximum absolute atomic E-state index is 12.0. The highest BCUT2D eigenvalue weighted by Crippen LogP contribution is 2.10. The number of carbonyl (C=O) groups is 4. The van der Waals surface area contributed by atoms with Gasteiger partial charge in [-0.2, -0.15) is 0 Å². The predicted molar refractivity (Wildman–Crippen MR) is 67.3 cm³/mol. The number of imide groups is 1. The number of urea groups is 1. The Morgan fingerprint density at radius 2 is 2.25 bits per heavy atom. The van der Waals surface area contributed by atoms with E-state index in [9.17, 15) is 19.2 Å². The number of carboxylic acid groups (broad SMARTS) is 1. The van der Waals surface area contributed by atoms with Crippen LogP contribution in [-0.2, 0) is 14.4 Å². The monoisotopic (exact) mass is 281 g/mol. The Morgan fingerprint density at radius 3 is 2.75 bits per heavy atom. The number of nitrogens with zero attached hydrogens (tertiary/aromatic N) is 1. The standard InChI is InChI=1S/C12H15N3O5/c1-3-5-7(11(18)19)13-12(20)15-6-9(16)14-10(17)8(15)4-2/h1,7-8H,4-6H2,2H3,(H,13,20)(H,18,19)(H,14,16,17). The zero-order valence-electron chi connectivity index (χ0n) is 10.9. The minimum atomic E-state index is -1.28. The molecular formula is C12H15N3O5. The van der Waals surface area contributed by atoms with Crippen molar-refractivity contribution in [1.29, 1.82) is 0 Å². The molecule has 0 aromatic rings. The molecule has 0 bridgehead atoms. The fourth-order valence-corrected chi connectivity index (χ4v) is 1.84. The van der Waals surface area contributed by atoms with Crippen LogP contribution in [0.15, 0.2) is 0 Å². The lowest BCUT2D eigenvalue weighted by Gasteiger charge is -2.33. The maximum atomic E-state index is 12.0. The molecule has 1 heterocycles. The van der Waals surface area contributed by atoms with Gasteiger partial charge in [0.2, 0.25) is 11.8 Å². The summed E-state index contributed by atoms with van der Waals surface area (Å²) >= 11 is 0. The maximum Gasteiger partial charge on any atom is 0.327 e. The number of carbonyl (C=O) groups excluding carboxylic acids is 3. The van der Waals surface area contributed by atoms with E-state index in [1.807, 2.05) is 0 Å². The Kier molecular flexibility index (Phi) is 5.08. The van der Waals surface area contributed by atoms with Crippen molar-refractivity contribution < 1.29 is 24.3 Å². The number of aliphatic carboxylic acids is 1. The van der Waals surface area contributed by atoms with Gasteiger partial charge in [-0.1, -0.05) is 6.92 Å². The summed E-state index contributed by atoms with van der Waals surface area (Å²) in [7, 11) is 0. The smallest absolute Gasteiger partial charge is 0.327 e. The third-order valence-electron chi connectivity index (χ3n) is 2.82. The minimum absolute atomic E-state index is 0.189. The first-order chi connectivity index (χ1) is 9.40. The summed E-state index contributed by atoms with van der Waals surface area (Å²) in [5.41, 5.74) is 0. The molecule has 3 N–H and O–H groups in total. The van der Waals surface area contributed by atoms with E-state index < -0.39 is 35.9 Å². The van der Waals surface area contributed by atoms with Gasteiger partial charge in [-0.3, -0.25) is 14.9 Å². The Labute approximate surface area is 115 Å². The quantitative estimate of drug-likeness (QED) is 0.447. The van der Waals surface area contributed by atoms with Crippen molar-refractivity contribution in [3.63, 3.8) is 0 Å². The van der Waals surface area contributed by atoms with Crippen molar-refractivity contribution in [3.8, 4) is 12.3 Å². The molecule has 0 spiro atoms. The van der Waals surface area contributed by atoms with E-state index in [1.54, 1.807) is 6.92 Å². The number of piperazine rings is 1. The second kappa shape index (κ2) is 6.56. The van der Waals surface area contributed by atoms with E-state index in [1.165, 1.54) is 0 Å². The summed E-state index contributed by atoms with van der Waals surface area (Å²) in [4.78, 5) is 46.8. The summed E-state index contributed by atoms with van der Waals surface area (Å²) < 4.78 is 0. The van der Waals surface area contributed by atoms with Crippen molar-refractivity contribution in [2.24, 2.45) is 0 Å². The molecule has 1 aliphatic heterocycles. The molecule has 0 aromatic carbocycles. The molecule has 0 radical (unpaired) electrons. The van der Waals surface area contributed by atoms with Crippen LogP contribution >= 0.6 is 0 Å². The van der Waals surface area contributed by atoms with Gasteiger partial charge in [-0.05, 0) is 6.42 Å². The van der Waals surface area contributed by atoms with Crippen molar-refractivity contribution >= 4 is 23.8 Å². The number of terminal acetylenes is 1. The van der Waals surface area contributed by atoms with Gasteiger partial charge in [0.05, 0.1) is 0 Å². The fraction of sp³-hybridized carbons (Fsp3) is 0.500. The number of hydrogen-bond acceptors (Lipinski definition) is 4. The Balaban J connectivity index is 2.83. The second-order valence-electron chi connectivity index (χ2n) is 4.21. The van der Waals surface area contributed by atoms with E-state index in [0.717, 1.165) is 4.90 Å². The largest absolute Gasteiger partial charge is 0.480 e. The Bertz CT molecular complexity index is 482. The van der Waals surface area contributed by atoms with Gasteiger partial charge in [0.25, 0.3) is 0 Å².